The number of nitrogens with zero attached hydrogens (tertiary/aromatic N) is 2. The lowest BCUT2D eigenvalue weighted by Gasteiger charge is -2.06. The third-order valence-corrected chi connectivity index (χ3v) is 4.01. The van der Waals surface area contributed by atoms with Crippen molar-refractivity contribution in [2.45, 2.75) is 5.03 Å². The fourth-order valence-electron chi connectivity index (χ4n) is 1.99. The van der Waals surface area contributed by atoms with Gasteiger partial charge < -0.3 is 5.32 Å². The van der Waals surface area contributed by atoms with Crippen molar-refractivity contribution in [3.63, 3.8) is 0 Å². The van der Waals surface area contributed by atoms with Crippen molar-refractivity contribution in [1.82, 2.24) is 10.2 Å². The van der Waals surface area contributed by atoms with Crippen LogP contribution in [0.15, 0.2) is 59.8 Å². The van der Waals surface area contributed by atoms with Crippen LogP contribution in [-0.4, -0.2) is 21.9 Å². The second-order valence-corrected chi connectivity index (χ2v) is 5.52. The zero-order valence-electron chi connectivity index (χ0n) is 11.5. The molecule has 2 aromatic carbocycles. The Morgan fingerprint density at radius 1 is 1.14 bits per heavy atom. The maximum Gasteiger partial charge on any atom is 0.234 e. The molecule has 3 aromatic rings. The number of benzene rings is 2. The highest BCUT2D eigenvalue weighted by Gasteiger charge is 2.09. The third kappa shape index (κ3) is 3.23. The lowest BCUT2D eigenvalue weighted by molar-refractivity contribution is -0.113. The number of hydrogen-bond donors (Lipinski definition) is 1. The number of fused-ring (bicyclic) bond motifs is 1. The molecule has 0 fully saturated rings. The molecular weight excluding hydrogens is 301 g/mol. The summed E-state index contributed by atoms with van der Waals surface area (Å²) in [6, 6.07) is 13.8. The van der Waals surface area contributed by atoms with Crippen LogP contribution < -0.4 is 5.32 Å². The Kier molecular flexibility index (Phi) is 4.29. The first-order valence-electron chi connectivity index (χ1n) is 6.61. The molecule has 0 aliphatic rings. The zero-order valence-corrected chi connectivity index (χ0v) is 12.3. The number of anilines is 1. The van der Waals surface area contributed by atoms with E-state index in [1.165, 1.54) is 23.9 Å². The molecule has 3 rings (SSSR count). The van der Waals surface area contributed by atoms with Crippen molar-refractivity contribution in [3.05, 3.63) is 60.5 Å². The van der Waals surface area contributed by atoms with Crippen LogP contribution >= 0.6 is 11.8 Å². The molecule has 1 amide bonds. The molecule has 0 saturated heterocycles. The number of halogens is 1. The van der Waals surface area contributed by atoms with Crippen LogP contribution in [0, 0.1) is 5.82 Å². The van der Waals surface area contributed by atoms with E-state index in [9.17, 15) is 9.18 Å². The normalized spacial score (nSPS) is 10.6. The lowest BCUT2D eigenvalue weighted by atomic mass is 10.2. The summed E-state index contributed by atoms with van der Waals surface area (Å²) >= 11 is 1.28. The predicted octanol–water partition coefficient (Wildman–Crippen LogP) is 3.50. The minimum absolute atomic E-state index is 0.136. The van der Waals surface area contributed by atoms with E-state index in [1.807, 2.05) is 24.3 Å². The van der Waals surface area contributed by atoms with E-state index in [-0.39, 0.29) is 17.3 Å². The number of para-hydroxylation sites is 1. The Morgan fingerprint density at radius 2 is 1.91 bits per heavy atom. The minimum atomic E-state index is -0.453. The standard InChI is InChI=1S/C16H12FN3OS/c17-13-7-3-4-8-14(13)19-15(21)10-22-16-12-6-2-1-5-11(12)9-18-20-16/h1-9H,10H2,(H,19,21). The highest BCUT2D eigenvalue weighted by molar-refractivity contribution is 8.00. The molecule has 0 radical (unpaired) electrons. The van der Waals surface area contributed by atoms with E-state index in [2.05, 4.69) is 15.5 Å². The number of carbonyl (C=O) groups excluding carboxylic acids is 1. The molecule has 1 aromatic heterocycles. The van der Waals surface area contributed by atoms with Crippen molar-refractivity contribution in [1.29, 1.82) is 0 Å². The van der Waals surface area contributed by atoms with Crippen molar-refractivity contribution in [2.24, 2.45) is 0 Å². The molecule has 0 aliphatic carbocycles. The van der Waals surface area contributed by atoms with Crippen LogP contribution in [0.4, 0.5) is 10.1 Å². The van der Waals surface area contributed by atoms with E-state index < -0.39 is 5.82 Å². The quantitative estimate of drug-likeness (QED) is 0.749. The van der Waals surface area contributed by atoms with Gasteiger partial charge in [0.05, 0.1) is 17.6 Å². The molecule has 0 aliphatic heterocycles. The van der Waals surface area contributed by atoms with Crippen molar-refractivity contribution in [2.75, 3.05) is 11.1 Å². The van der Waals surface area contributed by atoms with Gasteiger partial charge in [0.2, 0.25) is 5.91 Å². The van der Waals surface area contributed by atoms with Crippen LogP contribution in [-0.2, 0) is 4.79 Å². The van der Waals surface area contributed by atoms with Gasteiger partial charge >= 0.3 is 0 Å². The van der Waals surface area contributed by atoms with Crippen molar-refractivity contribution >= 4 is 34.1 Å². The Labute approximate surface area is 130 Å². The van der Waals surface area contributed by atoms with Crippen molar-refractivity contribution < 1.29 is 9.18 Å². The number of hydrogen-bond acceptors (Lipinski definition) is 4. The Morgan fingerprint density at radius 3 is 2.77 bits per heavy atom. The zero-order chi connectivity index (χ0) is 15.4. The van der Waals surface area contributed by atoms with Gasteiger partial charge in [0.15, 0.2) is 0 Å². The maximum absolute atomic E-state index is 13.5. The fraction of sp³-hybridized carbons (Fsp3) is 0.0625. The van der Waals surface area contributed by atoms with Gasteiger partial charge in [0.25, 0.3) is 0 Å². The molecule has 0 bridgehead atoms. The van der Waals surface area contributed by atoms with Gasteiger partial charge in [-0.3, -0.25) is 4.79 Å². The summed E-state index contributed by atoms with van der Waals surface area (Å²) in [5.74, 6) is -0.604. The average Bonchev–Trinajstić information content (AvgIpc) is 2.55. The SMILES string of the molecule is O=C(CSc1nncc2ccccc12)Nc1ccccc1F. The Bertz CT molecular complexity index is 820. The van der Waals surface area contributed by atoms with E-state index in [0.29, 0.717) is 5.03 Å². The van der Waals surface area contributed by atoms with Crippen molar-refractivity contribution in [3.8, 4) is 0 Å². The topological polar surface area (TPSA) is 54.9 Å². The fourth-order valence-corrected chi connectivity index (χ4v) is 2.78. The second kappa shape index (κ2) is 6.53. The molecule has 0 spiro atoms. The highest BCUT2D eigenvalue weighted by Crippen LogP contribution is 2.24. The van der Waals surface area contributed by atoms with E-state index >= 15 is 0 Å². The smallest absolute Gasteiger partial charge is 0.234 e. The molecule has 0 atom stereocenters. The summed E-state index contributed by atoms with van der Waals surface area (Å²) in [4.78, 5) is 11.9. The highest BCUT2D eigenvalue weighted by atomic mass is 32.2. The molecule has 22 heavy (non-hydrogen) atoms. The number of amides is 1. The summed E-state index contributed by atoms with van der Waals surface area (Å²) in [5, 5.41) is 13.1. The van der Waals surface area contributed by atoms with Crippen LogP contribution in [0.25, 0.3) is 10.8 Å². The summed E-state index contributed by atoms with van der Waals surface area (Å²) in [6.45, 7) is 0. The van der Waals surface area contributed by atoms with E-state index in [4.69, 9.17) is 0 Å². The Balaban J connectivity index is 1.69. The number of thioether (sulfide) groups is 1. The van der Waals surface area contributed by atoms with E-state index in [1.54, 1.807) is 18.3 Å². The van der Waals surface area contributed by atoms with Crippen LogP contribution in [0.3, 0.4) is 0 Å². The molecule has 0 saturated carbocycles. The Hall–Kier alpha value is -2.47. The molecule has 6 heteroatoms. The first-order valence-corrected chi connectivity index (χ1v) is 7.60. The molecule has 4 nitrogen and oxygen atoms in total. The minimum Gasteiger partial charge on any atom is -0.323 e. The monoisotopic (exact) mass is 313 g/mol. The summed E-state index contributed by atoms with van der Waals surface area (Å²) < 4.78 is 13.5. The van der Waals surface area contributed by atoms with Gasteiger partial charge in [0, 0.05) is 10.8 Å². The molecule has 1 heterocycles. The van der Waals surface area contributed by atoms with Gasteiger partial charge in [-0.25, -0.2) is 4.39 Å². The first-order chi connectivity index (χ1) is 10.7. The predicted molar refractivity (Wildman–Crippen MR) is 85.3 cm³/mol. The van der Waals surface area contributed by atoms with Gasteiger partial charge in [-0.1, -0.05) is 48.2 Å². The van der Waals surface area contributed by atoms with Gasteiger partial charge in [-0.2, -0.15) is 5.10 Å². The summed E-state index contributed by atoms with van der Waals surface area (Å²) in [7, 11) is 0. The van der Waals surface area contributed by atoms with Gasteiger partial charge in [-0.05, 0) is 12.1 Å². The number of rotatable bonds is 4. The van der Waals surface area contributed by atoms with Gasteiger partial charge in [-0.15, -0.1) is 5.10 Å². The number of aromatic nitrogens is 2. The largest absolute Gasteiger partial charge is 0.323 e. The molecule has 110 valence electrons. The first kappa shape index (κ1) is 14.5. The summed E-state index contributed by atoms with van der Waals surface area (Å²) in [6.07, 6.45) is 1.68. The molecule has 1 N–H and O–H groups in total. The maximum atomic E-state index is 13.5. The third-order valence-electron chi connectivity index (χ3n) is 3.02. The number of nitrogens with one attached hydrogen (secondary N) is 1. The van der Waals surface area contributed by atoms with Crippen LogP contribution in [0.1, 0.15) is 0 Å². The number of carbonyl (C=O) groups is 1. The van der Waals surface area contributed by atoms with Crippen LogP contribution in [0.5, 0.6) is 0 Å². The molecular formula is C16H12FN3OS. The summed E-state index contributed by atoms with van der Waals surface area (Å²) in [5.41, 5.74) is 0.178. The van der Waals surface area contributed by atoms with E-state index in [0.717, 1.165) is 10.8 Å². The van der Waals surface area contributed by atoms with Crippen LogP contribution in [0.2, 0.25) is 0 Å². The van der Waals surface area contributed by atoms with Gasteiger partial charge in [0.1, 0.15) is 10.8 Å². The molecule has 0 unspecified atom stereocenters. The lowest BCUT2D eigenvalue weighted by Crippen LogP contribution is -2.15. The average molecular weight is 313 g/mol. The second-order valence-electron chi connectivity index (χ2n) is 4.55.